The van der Waals surface area contributed by atoms with Gasteiger partial charge in [0.15, 0.2) is 0 Å². The molecule has 1 aliphatic carbocycles. The van der Waals surface area contributed by atoms with Crippen LogP contribution in [-0.2, 0) is 14.3 Å². The first-order valence-corrected chi connectivity index (χ1v) is 11.2. The highest BCUT2D eigenvalue weighted by atomic mass is 19.4. The van der Waals surface area contributed by atoms with Crippen LogP contribution in [-0.4, -0.2) is 47.4 Å². The Bertz CT molecular complexity index is 1060. The fraction of sp³-hybridized carbons (Fsp3) is 0.400. The van der Waals surface area contributed by atoms with E-state index in [9.17, 15) is 27.6 Å². The number of hydrogen-bond acceptors (Lipinski definition) is 4. The lowest BCUT2D eigenvalue weighted by Gasteiger charge is -2.32. The fourth-order valence-corrected chi connectivity index (χ4v) is 4.09. The molecule has 0 fully saturated rings. The molecule has 188 valence electrons. The highest BCUT2D eigenvalue weighted by Gasteiger charge is 2.58. The number of carbonyl (C=O) groups is 3. The maximum absolute atomic E-state index is 13.8. The Kier molecular flexibility index (Phi) is 7.72. The van der Waals surface area contributed by atoms with Crippen molar-refractivity contribution in [3.05, 3.63) is 59.7 Å². The summed E-state index contributed by atoms with van der Waals surface area (Å²) >= 11 is 0. The molecular formula is C25H27F3N2O5. The zero-order chi connectivity index (χ0) is 25.8. The highest BCUT2D eigenvalue weighted by Crippen LogP contribution is 2.44. The second-order valence-electron chi connectivity index (χ2n) is 8.73. The number of alkyl carbamates (subject to hydrolysis) is 1. The molecule has 2 atom stereocenters. The first kappa shape index (κ1) is 26.1. The summed E-state index contributed by atoms with van der Waals surface area (Å²) in [5.41, 5.74) is 0.486. The van der Waals surface area contributed by atoms with Gasteiger partial charge in [-0.15, -0.1) is 0 Å². The Hall–Kier alpha value is -3.56. The number of carbonyl (C=O) groups excluding carboxylic acids is 2. The minimum absolute atomic E-state index is 0.164. The molecule has 0 spiro atoms. The van der Waals surface area contributed by atoms with E-state index in [-0.39, 0.29) is 31.8 Å². The molecule has 2 aromatic carbocycles. The molecule has 0 saturated heterocycles. The van der Waals surface area contributed by atoms with E-state index in [0.29, 0.717) is 6.92 Å². The highest BCUT2D eigenvalue weighted by molar-refractivity contribution is 5.90. The zero-order valence-corrected chi connectivity index (χ0v) is 19.3. The second kappa shape index (κ2) is 10.4. The van der Waals surface area contributed by atoms with E-state index in [4.69, 9.17) is 9.84 Å². The SMILES string of the molecule is CC(CCCC(=O)O)NC(=O)C(C)(NC(=O)OCC1c2ccccc2-c2ccccc21)C(F)(F)F. The normalized spacial score (nSPS) is 15.3. The summed E-state index contributed by atoms with van der Waals surface area (Å²) in [5, 5.41) is 12.6. The number of carboxylic acids is 1. The lowest BCUT2D eigenvalue weighted by atomic mass is 9.98. The number of aliphatic carboxylic acids is 1. The molecule has 3 N–H and O–H groups in total. The lowest BCUT2D eigenvalue weighted by molar-refractivity contribution is -0.194. The number of halogens is 3. The smallest absolute Gasteiger partial charge is 0.420 e. The molecule has 1 aliphatic rings. The summed E-state index contributed by atoms with van der Waals surface area (Å²) in [4.78, 5) is 35.6. The Morgan fingerprint density at radius 2 is 1.57 bits per heavy atom. The Morgan fingerprint density at radius 3 is 2.09 bits per heavy atom. The quantitative estimate of drug-likeness (QED) is 0.474. The Morgan fingerprint density at radius 1 is 1.03 bits per heavy atom. The molecule has 7 nitrogen and oxygen atoms in total. The molecule has 2 unspecified atom stereocenters. The van der Waals surface area contributed by atoms with Crippen LogP contribution in [0.25, 0.3) is 11.1 Å². The van der Waals surface area contributed by atoms with E-state index in [1.165, 1.54) is 6.92 Å². The van der Waals surface area contributed by atoms with Gasteiger partial charge in [-0.2, -0.15) is 13.2 Å². The molecule has 0 aliphatic heterocycles. The summed E-state index contributed by atoms with van der Waals surface area (Å²) in [7, 11) is 0. The third kappa shape index (κ3) is 5.75. The number of benzene rings is 2. The molecule has 0 radical (unpaired) electrons. The molecule has 0 saturated carbocycles. The number of carboxylic acid groups (broad SMARTS) is 1. The summed E-state index contributed by atoms with van der Waals surface area (Å²) in [6, 6.07) is 14.3. The van der Waals surface area contributed by atoms with Gasteiger partial charge in [-0.05, 0) is 48.9 Å². The first-order valence-electron chi connectivity index (χ1n) is 11.2. The van der Waals surface area contributed by atoms with E-state index < -0.39 is 35.7 Å². The van der Waals surface area contributed by atoms with Crippen LogP contribution in [0.4, 0.5) is 18.0 Å². The van der Waals surface area contributed by atoms with E-state index in [1.807, 2.05) is 48.5 Å². The van der Waals surface area contributed by atoms with Crippen molar-refractivity contribution < 1.29 is 37.4 Å². The fourth-order valence-electron chi connectivity index (χ4n) is 4.09. The van der Waals surface area contributed by atoms with Crippen molar-refractivity contribution in [2.24, 2.45) is 0 Å². The first-order chi connectivity index (χ1) is 16.4. The topological polar surface area (TPSA) is 105 Å². The van der Waals surface area contributed by atoms with E-state index in [2.05, 4.69) is 5.32 Å². The van der Waals surface area contributed by atoms with Crippen LogP contribution in [0.1, 0.15) is 50.2 Å². The number of rotatable bonds is 9. The van der Waals surface area contributed by atoms with Crippen molar-refractivity contribution in [2.45, 2.75) is 56.8 Å². The summed E-state index contributed by atoms with van der Waals surface area (Å²) < 4.78 is 46.7. The van der Waals surface area contributed by atoms with Gasteiger partial charge in [0, 0.05) is 18.4 Å². The van der Waals surface area contributed by atoms with Crippen molar-refractivity contribution >= 4 is 18.0 Å². The number of fused-ring (bicyclic) bond motifs is 3. The molecule has 2 aromatic rings. The van der Waals surface area contributed by atoms with Gasteiger partial charge in [-0.3, -0.25) is 14.9 Å². The molecular weight excluding hydrogens is 465 g/mol. The van der Waals surface area contributed by atoms with Crippen LogP contribution in [0.2, 0.25) is 0 Å². The molecule has 3 rings (SSSR count). The van der Waals surface area contributed by atoms with Gasteiger partial charge in [-0.1, -0.05) is 48.5 Å². The average Bonchev–Trinajstić information content (AvgIpc) is 3.10. The number of alkyl halides is 3. The van der Waals surface area contributed by atoms with Crippen molar-refractivity contribution in [2.75, 3.05) is 6.61 Å². The minimum Gasteiger partial charge on any atom is -0.481 e. The standard InChI is InChI=1S/C25H27F3N2O5/c1-15(8-7-13-21(31)32)29-22(33)24(2,25(26,27)28)30-23(34)35-14-20-18-11-5-3-9-16(18)17-10-4-6-12-19(17)20/h3-6,9-12,15,20H,7-8,13-14H2,1-2H3,(H,29,33)(H,30,34)(H,31,32). The van der Waals surface area contributed by atoms with Gasteiger partial charge < -0.3 is 15.2 Å². The van der Waals surface area contributed by atoms with E-state index in [1.54, 1.807) is 5.32 Å². The second-order valence-corrected chi connectivity index (χ2v) is 8.73. The van der Waals surface area contributed by atoms with Crippen LogP contribution in [0.15, 0.2) is 48.5 Å². The van der Waals surface area contributed by atoms with Crippen LogP contribution < -0.4 is 10.6 Å². The maximum Gasteiger partial charge on any atom is 0.420 e. The van der Waals surface area contributed by atoms with Crippen LogP contribution in [0.3, 0.4) is 0 Å². The van der Waals surface area contributed by atoms with Crippen LogP contribution >= 0.6 is 0 Å². The Labute approximate surface area is 200 Å². The largest absolute Gasteiger partial charge is 0.481 e. The maximum atomic E-state index is 13.8. The molecule has 0 bridgehead atoms. The van der Waals surface area contributed by atoms with Gasteiger partial charge >= 0.3 is 18.2 Å². The third-order valence-corrected chi connectivity index (χ3v) is 6.12. The molecule has 2 amide bonds. The van der Waals surface area contributed by atoms with E-state index >= 15 is 0 Å². The zero-order valence-electron chi connectivity index (χ0n) is 19.3. The van der Waals surface area contributed by atoms with Crippen molar-refractivity contribution in [3.63, 3.8) is 0 Å². The van der Waals surface area contributed by atoms with Gasteiger partial charge in [0.2, 0.25) is 5.54 Å². The molecule has 0 heterocycles. The van der Waals surface area contributed by atoms with Gasteiger partial charge in [0.1, 0.15) is 6.61 Å². The minimum atomic E-state index is -5.11. The predicted octanol–water partition coefficient (Wildman–Crippen LogP) is 4.61. The number of hydrogen-bond donors (Lipinski definition) is 3. The molecule has 35 heavy (non-hydrogen) atoms. The lowest BCUT2D eigenvalue weighted by Crippen LogP contribution is -2.66. The number of nitrogens with one attached hydrogen (secondary N) is 2. The molecule has 0 aromatic heterocycles. The van der Waals surface area contributed by atoms with E-state index in [0.717, 1.165) is 22.3 Å². The van der Waals surface area contributed by atoms with Gasteiger partial charge in [0.25, 0.3) is 5.91 Å². The summed E-state index contributed by atoms with van der Waals surface area (Å²) in [5.74, 6) is -2.85. The van der Waals surface area contributed by atoms with Crippen LogP contribution in [0, 0.1) is 0 Å². The number of amides is 2. The third-order valence-electron chi connectivity index (χ3n) is 6.12. The number of ether oxygens (including phenoxy) is 1. The van der Waals surface area contributed by atoms with Crippen LogP contribution in [0.5, 0.6) is 0 Å². The van der Waals surface area contributed by atoms with Gasteiger partial charge in [-0.25, -0.2) is 4.79 Å². The molecule has 10 heteroatoms. The Balaban J connectivity index is 1.67. The average molecular weight is 492 g/mol. The van der Waals surface area contributed by atoms with Gasteiger partial charge in [0.05, 0.1) is 0 Å². The van der Waals surface area contributed by atoms with Crippen molar-refractivity contribution in [1.82, 2.24) is 10.6 Å². The summed E-state index contributed by atoms with van der Waals surface area (Å²) in [6.07, 6.45) is -6.31. The monoisotopic (exact) mass is 492 g/mol. The summed E-state index contributed by atoms with van der Waals surface area (Å²) in [6.45, 7) is 1.82. The van der Waals surface area contributed by atoms with Crippen molar-refractivity contribution in [1.29, 1.82) is 0 Å². The predicted molar refractivity (Wildman–Crippen MR) is 122 cm³/mol. The van der Waals surface area contributed by atoms with Crippen molar-refractivity contribution in [3.8, 4) is 11.1 Å².